The molecule has 1 fully saturated rings. The summed E-state index contributed by atoms with van der Waals surface area (Å²) >= 11 is 0. The van der Waals surface area contributed by atoms with E-state index in [1.807, 2.05) is 11.8 Å². The Labute approximate surface area is 80.5 Å². The van der Waals surface area contributed by atoms with Gasteiger partial charge in [-0.25, -0.2) is 0 Å². The average Bonchev–Trinajstić information content (AvgIpc) is 2.20. The molecule has 76 valence electrons. The Morgan fingerprint density at radius 2 is 2.00 bits per heavy atom. The number of nitrogens with zero attached hydrogens (tertiary/aromatic N) is 1. The lowest BCUT2D eigenvalue weighted by Gasteiger charge is -2.33. The molecule has 1 N–H and O–H groups in total. The number of rotatable bonds is 3. The molecular weight excluding hydrogens is 164 g/mol. The van der Waals surface area contributed by atoms with Gasteiger partial charge in [-0.2, -0.15) is 0 Å². The van der Waals surface area contributed by atoms with Crippen molar-refractivity contribution in [2.24, 2.45) is 0 Å². The summed E-state index contributed by atoms with van der Waals surface area (Å²) in [6, 6.07) is 0.485. The van der Waals surface area contributed by atoms with Crippen LogP contribution in [0.4, 0.5) is 0 Å². The van der Waals surface area contributed by atoms with Crippen molar-refractivity contribution in [2.45, 2.75) is 39.2 Å². The maximum Gasteiger partial charge on any atom is 0.222 e. The first kappa shape index (κ1) is 10.5. The maximum absolute atomic E-state index is 11.5. The van der Waals surface area contributed by atoms with Crippen LogP contribution in [0.5, 0.6) is 0 Å². The molecule has 0 bridgehead atoms. The number of nitrogens with one attached hydrogen (secondary N) is 1. The van der Waals surface area contributed by atoms with Gasteiger partial charge in [0.2, 0.25) is 5.91 Å². The smallest absolute Gasteiger partial charge is 0.222 e. The summed E-state index contributed by atoms with van der Waals surface area (Å²) < 4.78 is 0. The number of carbonyl (C=O) groups excluding carboxylic acids is 1. The largest absolute Gasteiger partial charge is 0.340 e. The number of carbonyl (C=O) groups is 1. The topological polar surface area (TPSA) is 32.3 Å². The number of amides is 1. The minimum Gasteiger partial charge on any atom is -0.340 e. The molecule has 0 aromatic rings. The number of hydrogen-bond donors (Lipinski definition) is 1. The highest BCUT2D eigenvalue weighted by atomic mass is 16.2. The fourth-order valence-corrected chi connectivity index (χ4v) is 1.96. The van der Waals surface area contributed by atoms with E-state index in [4.69, 9.17) is 0 Å². The van der Waals surface area contributed by atoms with Gasteiger partial charge in [0.05, 0.1) is 0 Å². The number of piperidine rings is 1. The maximum atomic E-state index is 11.5. The van der Waals surface area contributed by atoms with Gasteiger partial charge in [0.25, 0.3) is 0 Å². The fraction of sp³-hybridized carbons (Fsp3) is 0.900. The molecule has 0 atom stereocenters. The third kappa shape index (κ3) is 2.69. The molecular formula is C10H20N2O. The lowest BCUT2D eigenvalue weighted by Crippen LogP contribution is -2.45. The van der Waals surface area contributed by atoms with Crippen LogP contribution in [-0.2, 0) is 4.79 Å². The zero-order valence-electron chi connectivity index (χ0n) is 8.68. The van der Waals surface area contributed by atoms with Crippen molar-refractivity contribution in [3.8, 4) is 0 Å². The van der Waals surface area contributed by atoms with Crippen LogP contribution in [0.1, 0.15) is 33.1 Å². The molecule has 1 rings (SSSR count). The van der Waals surface area contributed by atoms with Crippen molar-refractivity contribution in [3.63, 3.8) is 0 Å². The van der Waals surface area contributed by atoms with E-state index >= 15 is 0 Å². The molecule has 0 saturated carbocycles. The van der Waals surface area contributed by atoms with Gasteiger partial charge in [-0.05, 0) is 32.9 Å². The van der Waals surface area contributed by atoms with Gasteiger partial charge in [0, 0.05) is 19.0 Å². The Morgan fingerprint density at radius 3 is 2.46 bits per heavy atom. The van der Waals surface area contributed by atoms with E-state index in [9.17, 15) is 4.79 Å². The van der Waals surface area contributed by atoms with Crippen LogP contribution in [0.25, 0.3) is 0 Å². The van der Waals surface area contributed by atoms with Gasteiger partial charge in [0.1, 0.15) is 0 Å². The van der Waals surface area contributed by atoms with Gasteiger partial charge >= 0.3 is 0 Å². The molecule has 3 nitrogen and oxygen atoms in total. The van der Waals surface area contributed by atoms with Crippen LogP contribution < -0.4 is 5.32 Å². The second-order valence-electron chi connectivity index (χ2n) is 3.51. The zero-order chi connectivity index (χ0) is 9.68. The van der Waals surface area contributed by atoms with Crippen molar-refractivity contribution < 1.29 is 4.79 Å². The third-order valence-electron chi connectivity index (χ3n) is 2.71. The summed E-state index contributed by atoms with van der Waals surface area (Å²) in [4.78, 5) is 13.6. The van der Waals surface area contributed by atoms with E-state index < -0.39 is 0 Å². The first-order chi connectivity index (χ1) is 6.29. The Morgan fingerprint density at radius 1 is 1.38 bits per heavy atom. The van der Waals surface area contributed by atoms with E-state index in [0.29, 0.717) is 18.4 Å². The lowest BCUT2D eigenvalue weighted by atomic mass is 10.0. The van der Waals surface area contributed by atoms with Crippen LogP contribution in [0, 0.1) is 0 Å². The van der Waals surface area contributed by atoms with E-state index in [1.165, 1.54) is 0 Å². The molecule has 13 heavy (non-hydrogen) atoms. The Kier molecular flexibility index (Phi) is 4.22. The average molecular weight is 184 g/mol. The van der Waals surface area contributed by atoms with Crippen molar-refractivity contribution >= 4 is 5.91 Å². The molecule has 0 aromatic carbocycles. The second kappa shape index (κ2) is 5.22. The Hall–Kier alpha value is -0.570. The fourth-order valence-electron chi connectivity index (χ4n) is 1.96. The minimum atomic E-state index is 0.300. The molecule has 0 radical (unpaired) electrons. The van der Waals surface area contributed by atoms with Crippen LogP contribution in [0.2, 0.25) is 0 Å². The van der Waals surface area contributed by atoms with Gasteiger partial charge in [-0.1, -0.05) is 6.92 Å². The second-order valence-corrected chi connectivity index (χ2v) is 3.51. The van der Waals surface area contributed by atoms with E-state index in [2.05, 4.69) is 12.2 Å². The first-order valence-corrected chi connectivity index (χ1v) is 5.29. The molecule has 0 aliphatic carbocycles. The lowest BCUT2D eigenvalue weighted by molar-refractivity contribution is -0.133. The molecule has 3 heteroatoms. The molecule has 0 aromatic heterocycles. The normalized spacial score (nSPS) is 18.6. The van der Waals surface area contributed by atoms with Gasteiger partial charge in [-0.3, -0.25) is 4.79 Å². The van der Waals surface area contributed by atoms with Crippen molar-refractivity contribution in [1.82, 2.24) is 10.2 Å². The zero-order valence-corrected chi connectivity index (χ0v) is 8.68. The molecule has 0 spiro atoms. The standard InChI is InChI=1S/C10H20N2O/c1-3-10(13)12(4-2)9-5-7-11-8-6-9/h9,11H,3-8H2,1-2H3. The molecule has 1 aliphatic rings. The highest BCUT2D eigenvalue weighted by Crippen LogP contribution is 2.12. The predicted molar refractivity (Wildman–Crippen MR) is 53.6 cm³/mol. The molecule has 0 unspecified atom stereocenters. The van der Waals surface area contributed by atoms with Crippen molar-refractivity contribution in [3.05, 3.63) is 0 Å². The molecule has 1 aliphatic heterocycles. The monoisotopic (exact) mass is 184 g/mol. The third-order valence-corrected chi connectivity index (χ3v) is 2.71. The summed E-state index contributed by atoms with van der Waals surface area (Å²) in [5, 5.41) is 3.31. The first-order valence-electron chi connectivity index (χ1n) is 5.29. The van der Waals surface area contributed by atoms with Crippen LogP contribution >= 0.6 is 0 Å². The van der Waals surface area contributed by atoms with Crippen LogP contribution in [0.3, 0.4) is 0 Å². The summed E-state index contributed by atoms with van der Waals surface area (Å²) in [5.74, 6) is 0.300. The molecule has 1 amide bonds. The summed E-state index contributed by atoms with van der Waals surface area (Å²) in [5.41, 5.74) is 0. The van der Waals surface area contributed by atoms with Crippen molar-refractivity contribution in [1.29, 1.82) is 0 Å². The van der Waals surface area contributed by atoms with Gasteiger partial charge in [-0.15, -0.1) is 0 Å². The quantitative estimate of drug-likeness (QED) is 0.709. The highest BCUT2D eigenvalue weighted by molar-refractivity contribution is 5.76. The molecule has 1 saturated heterocycles. The van der Waals surface area contributed by atoms with E-state index in [0.717, 1.165) is 32.5 Å². The van der Waals surface area contributed by atoms with Crippen LogP contribution in [-0.4, -0.2) is 36.5 Å². The van der Waals surface area contributed by atoms with E-state index in [-0.39, 0.29) is 0 Å². The van der Waals surface area contributed by atoms with Crippen LogP contribution in [0.15, 0.2) is 0 Å². The minimum absolute atomic E-state index is 0.300. The predicted octanol–water partition coefficient (Wildman–Crippen LogP) is 0.997. The molecule has 1 heterocycles. The number of hydrogen-bond acceptors (Lipinski definition) is 2. The van der Waals surface area contributed by atoms with Gasteiger partial charge in [0.15, 0.2) is 0 Å². The summed E-state index contributed by atoms with van der Waals surface area (Å²) in [7, 11) is 0. The van der Waals surface area contributed by atoms with E-state index in [1.54, 1.807) is 0 Å². The SMILES string of the molecule is CCC(=O)N(CC)C1CCNCC1. The summed E-state index contributed by atoms with van der Waals surface area (Å²) in [6.07, 6.45) is 2.86. The summed E-state index contributed by atoms with van der Waals surface area (Å²) in [6.45, 7) is 6.97. The van der Waals surface area contributed by atoms with Crippen molar-refractivity contribution in [2.75, 3.05) is 19.6 Å². The van der Waals surface area contributed by atoms with Gasteiger partial charge < -0.3 is 10.2 Å². The Balaban J connectivity index is 2.48. The highest BCUT2D eigenvalue weighted by Gasteiger charge is 2.22. The Bertz CT molecular complexity index is 164.